The first-order chi connectivity index (χ1) is 14.9. The number of hydrogen-bond acceptors (Lipinski definition) is 5. The number of nitrogens with zero attached hydrogens (tertiary/aromatic N) is 1. The third-order valence-corrected chi connectivity index (χ3v) is 6.72. The minimum atomic E-state index is -3.39. The fourth-order valence-electron chi connectivity index (χ4n) is 3.20. The monoisotopic (exact) mass is 434 g/mol. The van der Waals surface area contributed by atoms with Gasteiger partial charge in [0.2, 0.25) is 11.8 Å². The summed E-state index contributed by atoms with van der Waals surface area (Å²) in [6, 6.07) is 21.5. The number of carbonyl (C=O) groups excluding carboxylic acids is 1. The number of carbonyl (C=O) groups is 1. The van der Waals surface area contributed by atoms with Gasteiger partial charge in [-0.3, -0.25) is 4.79 Å². The van der Waals surface area contributed by atoms with Gasteiger partial charge in [-0.25, -0.2) is 13.4 Å². The van der Waals surface area contributed by atoms with Crippen molar-refractivity contribution in [2.45, 2.75) is 24.7 Å². The summed E-state index contributed by atoms with van der Waals surface area (Å²) in [5.41, 5.74) is 3.94. The molecular formula is C24H22N2O4S. The molecule has 0 unspecified atom stereocenters. The Hall–Kier alpha value is -3.45. The molecule has 0 saturated heterocycles. The molecule has 0 saturated carbocycles. The Balaban J connectivity index is 1.32. The molecule has 0 spiro atoms. The summed E-state index contributed by atoms with van der Waals surface area (Å²) in [4.78, 5) is 17.0. The van der Waals surface area contributed by atoms with Crippen molar-refractivity contribution in [2.24, 2.45) is 0 Å². The van der Waals surface area contributed by atoms with E-state index in [9.17, 15) is 13.2 Å². The summed E-state index contributed by atoms with van der Waals surface area (Å²) < 4.78 is 30.5. The molecule has 1 N–H and O–H groups in total. The van der Waals surface area contributed by atoms with Gasteiger partial charge >= 0.3 is 0 Å². The predicted octanol–water partition coefficient (Wildman–Crippen LogP) is 5.00. The van der Waals surface area contributed by atoms with E-state index < -0.39 is 9.84 Å². The SMILES string of the molecule is Cc1ccc(S(=O)(=O)CCCC(=O)Nc2ccc(-c3nc4ccccc4o3)cc2)cc1. The van der Waals surface area contributed by atoms with Crippen molar-refractivity contribution in [3.05, 3.63) is 78.4 Å². The van der Waals surface area contributed by atoms with Crippen LogP contribution in [-0.4, -0.2) is 25.1 Å². The average molecular weight is 435 g/mol. The van der Waals surface area contributed by atoms with Crippen LogP contribution in [0.25, 0.3) is 22.6 Å². The standard InChI is InChI=1S/C24H22N2O4S/c1-17-8-14-20(15-9-17)31(28,29)16-4-7-23(27)25-19-12-10-18(11-13-19)24-26-21-5-2-3-6-22(21)30-24/h2-3,5-6,8-15H,4,7,16H2,1H3,(H,25,27). The molecule has 0 aliphatic rings. The van der Waals surface area contributed by atoms with Gasteiger partial charge in [-0.2, -0.15) is 0 Å². The van der Waals surface area contributed by atoms with Crippen LogP contribution in [0.15, 0.2) is 82.1 Å². The van der Waals surface area contributed by atoms with Crippen LogP contribution in [0.4, 0.5) is 5.69 Å². The van der Waals surface area contributed by atoms with Crippen LogP contribution in [0.5, 0.6) is 0 Å². The molecule has 6 nitrogen and oxygen atoms in total. The van der Waals surface area contributed by atoms with E-state index in [2.05, 4.69) is 10.3 Å². The normalized spacial score (nSPS) is 11.5. The minimum absolute atomic E-state index is 0.0693. The van der Waals surface area contributed by atoms with Gasteiger partial charge < -0.3 is 9.73 Å². The number of fused-ring (bicyclic) bond motifs is 1. The highest BCUT2D eigenvalue weighted by atomic mass is 32.2. The summed E-state index contributed by atoms with van der Waals surface area (Å²) in [5.74, 6) is 0.217. The number of para-hydroxylation sites is 2. The zero-order chi connectivity index (χ0) is 21.8. The van der Waals surface area contributed by atoms with Crippen LogP contribution < -0.4 is 5.32 Å². The molecule has 1 heterocycles. The Kier molecular flexibility index (Phi) is 5.86. The van der Waals surface area contributed by atoms with Gasteiger partial charge in [0.05, 0.1) is 10.6 Å². The maximum Gasteiger partial charge on any atom is 0.227 e. The van der Waals surface area contributed by atoms with Gasteiger partial charge in [-0.05, 0) is 61.9 Å². The lowest BCUT2D eigenvalue weighted by Gasteiger charge is -2.07. The summed E-state index contributed by atoms with van der Waals surface area (Å²) in [6.45, 7) is 1.90. The number of benzene rings is 3. The molecule has 3 aromatic carbocycles. The third-order valence-electron chi connectivity index (χ3n) is 4.91. The molecule has 0 aliphatic heterocycles. The zero-order valence-corrected chi connectivity index (χ0v) is 17.9. The molecule has 0 bridgehead atoms. The van der Waals surface area contributed by atoms with E-state index in [1.54, 1.807) is 36.4 Å². The van der Waals surface area contributed by atoms with Gasteiger partial charge in [0.1, 0.15) is 5.52 Å². The molecular weight excluding hydrogens is 412 g/mol. The first-order valence-electron chi connectivity index (χ1n) is 9.96. The molecule has 4 rings (SSSR count). The maximum atomic E-state index is 12.4. The largest absolute Gasteiger partial charge is 0.436 e. The second kappa shape index (κ2) is 8.73. The van der Waals surface area contributed by atoms with Gasteiger partial charge in [0.15, 0.2) is 15.4 Å². The first-order valence-corrected chi connectivity index (χ1v) is 11.6. The number of rotatable bonds is 7. The van der Waals surface area contributed by atoms with Crippen LogP contribution in [0.2, 0.25) is 0 Å². The van der Waals surface area contributed by atoms with E-state index in [-0.39, 0.29) is 29.4 Å². The van der Waals surface area contributed by atoms with E-state index in [1.165, 1.54) is 0 Å². The van der Waals surface area contributed by atoms with Crippen LogP contribution >= 0.6 is 0 Å². The third kappa shape index (κ3) is 5.00. The Morgan fingerprint density at radius 1 is 0.968 bits per heavy atom. The Labute approximate surface area is 180 Å². The van der Waals surface area contributed by atoms with Crippen LogP contribution in [0.1, 0.15) is 18.4 Å². The molecule has 0 aliphatic carbocycles. The van der Waals surface area contributed by atoms with Crippen molar-refractivity contribution in [1.82, 2.24) is 4.98 Å². The fraction of sp³-hybridized carbons (Fsp3) is 0.167. The first kappa shape index (κ1) is 20.8. The summed E-state index contributed by atoms with van der Waals surface area (Å²) in [7, 11) is -3.39. The number of nitrogens with one attached hydrogen (secondary N) is 1. The molecule has 0 atom stereocenters. The van der Waals surface area contributed by atoms with Gasteiger partial charge in [0, 0.05) is 17.7 Å². The van der Waals surface area contributed by atoms with Crippen molar-refractivity contribution in [3.63, 3.8) is 0 Å². The molecule has 4 aromatic rings. The number of oxazole rings is 1. The van der Waals surface area contributed by atoms with E-state index >= 15 is 0 Å². The lowest BCUT2D eigenvalue weighted by molar-refractivity contribution is -0.116. The maximum absolute atomic E-state index is 12.4. The fourth-order valence-corrected chi connectivity index (χ4v) is 4.51. The highest BCUT2D eigenvalue weighted by Gasteiger charge is 2.15. The van der Waals surface area contributed by atoms with Gasteiger partial charge in [0.25, 0.3) is 0 Å². The average Bonchev–Trinajstić information content (AvgIpc) is 3.19. The number of aromatic nitrogens is 1. The quantitative estimate of drug-likeness (QED) is 0.442. The molecule has 0 radical (unpaired) electrons. The highest BCUT2D eigenvalue weighted by molar-refractivity contribution is 7.91. The molecule has 7 heteroatoms. The number of anilines is 1. The van der Waals surface area contributed by atoms with E-state index in [0.717, 1.165) is 22.2 Å². The summed E-state index contributed by atoms with van der Waals surface area (Å²) >= 11 is 0. The molecule has 31 heavy (non-hydrogen) atoms. The Morgan fingerprint density at radius 2 is 1.68 bits per heavy atom. The number of aryl methyl sites for hydroxylation is 1. The second-order valence-electron chi connectivity index (χ2n) is 7.35. The van der Waals surface area contributed by atoms with Crippen molar-refractivity contribution < 1.29 is 17.6 Å². The highest BCUT2D eigenvalue weighted by Crippen LogP contribution is 2.25. The zero-order valence-electron chi connectivity index (χ0n) is 17.0. The van der Waals surface area contributed by atoms with E-state index in [0.29, 0.717) is 11.6 Å². The Bertz CT molecular complexity index is 1270. The molecule has 1 amide bonds. The lowest BCUT2D eigenvalue weighted by atomic mass is 10.2. The van der Waals surface area contributed by atoms with Crippen molar-refractivity contribution >= 4 is 32.5 Å². The number of sulfone groups is 1. The summed E-state index contributed by atoms with van der Waals surface area (Å²) in [5, 5.41) is 2.80. The smallest absolute Gasteiger partial charge is 0.227 e. The van der Waals surface area contributed by atoms with Crippen LogP contribution in [0.3, 0.4) is 0 Å². The molecule has 1 aromatic heterocycles. The van der Waals surface area contributed by atoms with Crippen molar-refractivity contribution in [2.75, 3.05) is 11.1 Å². The second-order valence-corrected chi connectivity index (χ2v) is 9.46. The molecule has 0 fully saturated rings. The van der Waals surface area contributed by atoms with Crippen molar-refractivity contribution in [3.8, 4) is 11.5 Å². The topological polar surface area (TPSA) is 89.3 Å². The minimum Gasteiger partial charge on any atom is -0.436 e. The van der Waals surface area contributed by atoms with Gasteiger partial charge in [-0.15, -0.1) is 0 Å². The van der Waals surface area contributed by atoms with E-state index in [4.69, 9.17) is 4.42 Å². The van der Waals surface area contributed by atoms with Gasteiger partial charge in [-0.1, -0.05) is 29.8 Å². The van der Waals surface area contributed by atoms with Crippen LogP contribution in [0, 0.1) is 6.92 Å². The predicted molar refractivity (Wildman–Crippen MR) is 121 cm³/mol. The van der Waals surface area contributed by atoms with Crippen LogP contribution in [-0.2, 0) is 14.6 Å². The lowest BCUT2D eigenvalue weighted by Crippen LogP contribution is -2.14. The molecule has 158 valence electrons. The van der Waals surface area contributed by atoms with E-state index in [1.807, 2.05) is 43.3 Å². The summed E-state index contributed by atoms with van der Waals surface area (Å²) in [6.07, 6.45) is 0.376. The number of hydrogen-bond donors (Lipinski definition) is 1. The van der Waals surface area contributed by atoms with Crippen molar-refractivity contribution in [1.29, 1.82) is 0 Å². The Morgan fingerprint density at radius 3 is 2.39 bits per heavy atom. The number of amides is 1.